The summed E-state index contributed by atoms with van der Waals surface area (Å²) in [5, 5.41) is 2.93. The molecule has 7 nitrogen and oxygen atoms in total. The third kappa shape index (κ3) is 3.62. The number of hydrogen-bond acceptors (Lipinski definition) is 5. The van der Waals surface area contributed by atoms with Crippen molar-refractivity contribution in [3.63, 3.8) is 0 Å². The van der Waals surface area contributed by atoms with E-state index in [1.165, 1.54) is 4.31 Å². The molecule has 8 heteroatoms. The molecule has 2 aliphatic rings. The van der Waals surface area contributed by atoms with Crippen LogP contribution in [0.3, 0.4) is 0 Å². The fourth-order valence-corrected chi connectivity index (χ4v) is 5.16. The minimum Gasteiger partial charge on any atom is -0.355 e. The zero-order valence-corrected chi connectivity index (χ0v) is 15.8. The van der Waals surface area contributed by atoms with Crippen LogP contribution < -0.4 is 14.5 Å². The molecule has 0 aliphatic carbocycles. The molecule has 27 heavy (non-hydrogen) atoms. The van der Waals surface area contributed by atoms with Crippen molar-refractivity contribution >= 4 is 33.1 Å². The maximum atomic E-state index is 12.8. The molecule has 0 radical (unpaired) electrons. The highest BCUT2D eigenvalue weighted by molar-refractivity contribution is 7.93. The summed E-state index contributed by atoms with van der Waals surface area (Å²) in [4.78, 5) is 19.4. The molecule has 0 spiro atoms. The summed E-state index contributed by atoms with van der Waals surface area (Å²) < 4.78 is 25.7. The molecule has 4 rings (SSSR count). The average molecular weight is 386 g/mol. The molecule has 0 atom stereocenters. The molecular weight excluding hydrogens is 364 g/mol. The van der Waals surface area contributed by atoms with E-state index in [2.05, 4.69) is 15.2 Å². The van der Waals surface area contributed by atoms with Crippen LogP contribution in [0.2, 0.25) is 0 Å². The first-order valence-corrected chi connectivity index (χ1v) is 10.8. The SMILES string of the molecule is O=C(Nc1cccnc1N1CCCC1)c1cccc(N2CCCS2(=O)=O)c1. The largest absolute Gasteiger partial charge is 0.355 e. The number of nitrogens with zero attached hydrogens (tertiary/aromatic N) is 3. The van der Waals surface area contributed by atoms with Crippen molar-refractivity contribution in [3.05, 3.63) is 48.2 Å². The van der Waals surface area contributed by atoms with Gasteiger partial charge in [-0.15, -0.1) is 0 Å². The second-order valence-electron chi connectivity index (χ2n) is 6.81. The van der Waals surface area contributed by atoms with Crippen molar-refractivity contribution in [2.75, 3.05) is 39.9 Å². The molecule has 0 unspecified atom stereocenters. The van der Waals surface area contributed by atoms with Crippen LogP contribution in [-0.2, 0) is 10.0 Å². The van der Waals surface area contributed by atoms with Gasteiger partial charge in [-0.1, -0.05) is 6.07 Å². The summed E-state index contributed by atoms with van der Waals surface area (Å²) in [6, 6.07) is 10.4. The summed E-state index contributed by atoms with van der Waals surface area (Å²) in [7, 11) is -3.27. The van der Waals surface area contributed by atoms with Crippen LogP contribution >= 0.6 is 0 Å². The van der Waals surface area contributed by atoms with Crippen LogP contribution in [0.5, 0.6) is 0 Å². The van der Waals surface area contributed by atoms with Gasteiger partial charge in [0.1, 0.15) is 0 Å². The fraction of sp³-hybridized carbons (Fsp3) is 0.368. The molecular formula is C19H22N4O3S. The van der Waals surface area contributed by atoms with Gasteiger partial charge in [0.15, 0.2) is 5.82 Å². The maximum absolute atomic E-state index is 12.8. The summed E-state index contributed by atoms with van der Waals surface area (Å²) >= 11 is 0. The van der Waals surface area contributed by atoms with Crippen LogP contribution in [0.1, 0.15) is 29.6 Å². The van der Waals surface area contributed by atoms with Gasteiger partial charge in [-0.3, -0.25) is 9.10 Å². The number of benzene rings is 1. The Balaban J connectivity index is 1.57. The summed E-state index contributed by atoms with van der Waals surface area (Å²) in [5.41, 5.74) is 1.63. The van der Waals surface area contributed by atoms with E-state index in [1.54, 1.807) is 36.5 Å². The van der Waals surface area contributed by atoms with E-state index in [0.717, 1.165) is 31.7 Å². The van der Waals surface area contributed by atoms with E-state index < -0.39 is 10.0 Å². The Kier molecular flexibility index (Phi) is 4.73. The first-order chi connectivity index (χ1) is 13.0. The minimum atomic E-state index is -3.27. The van der Waals surface area contributed by atoms with Crippen molar-refractivity contribution in [2.45, 2.75) is 19.3 Å². The summed E-state index contributed by atoms with van der Waals surface area (Å²) in [6.45, 7) is 2.32. The van der Waals surface area contributed by atoms with Crippen molar-refractivity contribution in [3.8, 4) is 0 Å². The highest BCUT2D eigenvalue weighted by atomic mass is 32.2. The molecule has 2 aliphatic heterocycles. The molecule has 2 fully saturated rings. The lowest BCUT2D eigenvalue weighted by atomic mass is 10.2. The molecule has 2 aromatic rings. The van der Waals surface area contributed by atoms with Crippen molar-refractivity contribution < 1.29 is 13.2 Å². The van der Waals surface area contributed by atoms with Gasteiger partial charge in [0.05, 0.1) is 17.1 Å². The molecule has 1 amide bonds. The van der Waals surface area contributed by atoms with Crippen molar-refractivity contribution in [1.82, 2.24) is 4.98 Å². The number of aromatic nitrogens is 1. The molecule has 0 saturated carbocycles. The maximum Gasteiger partial charge on any atom is 0.255 e. The van der Waals surface area contributed by atoms with Gasteiger partial charge in [-0.2, -0.15) is 0 Å². The molecule has 1 aromatic carbocycles. The van der Waals surface area contributed by atoms with Gasteiger partial charge in [-0.05, 0) is 49.6 Å². The Bertz CT molecular complexity index is 955. The Morgan fingerprint density at radius 1 is 1.04 bits per heavy atom. The molecule has 2 saturated heterocycles. The third-order valence-corrected chi connectivity index (χ3v) is 6.81. The Morgan fingerprint density at radius 2 is 1.85 bits per heavy atom. The van der Waals surface area contributed by atoms with Gasteiger partial charge in [0.25, 0.3) is 5.91 Å². The zero-order valence-electron chi connectivity index (χ0n) is 15.0. The molecule has 0 bridgehead atoms. The second-order valence-corrected chi connectivity index (χ2v) is 8.83. The van der Waals surface area contributed by atoms with Crippen molar-refractivity contribution in [1.29, 1.82) is 0 Å². The number of hydrogen-bond donors (Lipinski definition) is 1. The Hall–Kier alpha value is -2.61. The molecule has 1 aromatic heterocycles. The number of pyridine rings is 1. The average Bonchev–Trinajstić information content (AvgIpc) is 3.31. The van der Waals surface area contributed by atoms with E-state index in [1.807, 2.05) is 6.07 Å². The lowest BCUT2D eigenvalue weighted by Gasteiger charge is -2.20. The molecule has 142 valence electrons. The molecule has 1 N–H and O–H groups in total. The van der Waals surface area contributed by atoms with Crippen molar-refractivity contribution in [2.24, 2.45) is 0 Å². The van der Waals surface area contributed by atoms with Gasteiger partial charge in [0, 0.05) is 31.4 Å². The Morgan fingerprint density at radius 3 is 2.59 bits per heavy atom. The van der Waals surface area contributed by atoms with Crippen LogP contribution in [0.4, 0.5) is 17.2 Å². The predicted octanol–water partition coefficient (Wildman–Crippen LogP) is 2.47. The topological polar surface area (TPSA) is 82.6 Å². The van der Waals surface area contributed by atoms with E-state index in [4.69, 9.17) is 0 Å². The number of rotatable bonds is 4. The van der Waals surface area contributed by atoms with Gasteiger partial charge in [0.2, 0.25) is 10.0 Å². The predicted molar refractivity (Wildman–Crippen MR) is 106 cm³/mol. The third-order valence-electron chi connectivity index (χ3n) is 4.94. The van der Waals surface area contributed by atoms with E-state index in [-0.39, 0.29) is 11.7 Å². The number of sulfonamides is 1. The van der Waals surface area contributed by atoms with Gasteiger partial charge in [-0.25, -0.2) is 13.4 Å². The van der Waals surface area contributed by atoms with E-state index >= 15 is 0 Å². The Labute approximate surface area is 159 Å². The lowest BCUT2D eigenvalue weighted by molar-refractivity contribution is 0.102. The number of anilines is 3. The second kappa shape index (κ2) is 7.19. The number of nitrogens with one attached hydrogen (secondary N) is 1. The normalized spacial score (nSPS) is 18.7. The summed E-state index contributed by atoms with van der Waals surface area (Å²) in [6.07, 6.45) is 4.57. The number of carbonyl (C=O) groups excluding carboxylic acids is 1. The monoisotopic (exact) mass is 386 g/mol. The first kappa shape index (κ1) is 17.8. The number of carbonyl (C=O) groups is 1. The van der Waals surface area contributed by atoms with Crippen LogP contribution in [0, 0.1) is 0 Å². The van der Waals surface area contributed by atoms with Crippen LogP contribution in [0.25, 0.3) is 0 Å². The standard InChI is InChI=1S/C19H22N4O3S/c24-19(21-17-8-4-9-20-18(17)22-10-1-2-11-22)15-6-3-7-16(14-15)23-12-5-13-27(23,25)26/h3-4,6-9,14H,1-2,5,10-13H2,(H,21,24). The minimum absolute atomic E-state index is 0.151. The van der Waals surface area contributed by atoms with Crippen LogP contribution in [-0.4, -0.2) is 44.7 Å². The lowest BCUT2D eigenvalue weighted by Crippen LogP contribution is -2.25. The number of amides is 1. The van der Waals surface area contributed by atoms with Crippen LogP contribution in [0.15, 0.2) is 42.6 Å². The van der Waals surface area contributed by atoms with E-state index in [9.17, 15) is 13.2 Å². The summed E-state index contributed by atoms with van der Waals surface area (Å²) in [5.74, 6) is 0.654. The van der Waals surface area contributed by atoms with Gasteiger partial charge < -0.3 is 10.2 Å². The zero-order chi connectivity index (χ0) is 18.9. The highest BCUT2D eigenvalue weighted by Crippen LogP contribution is 2.28. The fourth-order valence-electron chi connectivity index (χ4n) is 3.60. The molecule has 3 heterocycles. The van der Waals surface area contributed by atoms with Gasteiger partial charge >= 0.3 is 0 Å². The highest BCUT2D eigenvalue weighted by Gasteiger charge is 2.28. The quantitative estimate of drug-likeness (QED) is 0.873. The smallest absolute Gasteiger partial charge is 0.255 e. The van der Waals surface area contributed by atoms with E-state index in [0.29, 0.717) is 29.9 Å². The first-order valence-electron chi connectivity index (χ1n) is 9.16.